The number of hydrogen-bond acceptors (Lipinski definition) is 7. The minimum atomic E-state index is -0.0496. The van der Waals surface area contributed by atoms with Crippen molar-refractivity contribution in [2.24, 2.45) is 0 Å². The second kappa shape index (κ2) is 6.58. The van der Waals surface area contributed by atoms with Gasteiger partial charge < -0.3 is 9.26 Å². The summed E-state index contributed by atoms with van der Waals surface area (Å²) in [6, 6.07) is 0. The molecule has 1 saturated heterocycles. The van der Waals surface area contributed by atoms with Crippen LogP contribution >= 0.6 is 23.5 Å². The Balaban J connectivity index is 1.98. The molecule has 0 saturated carbocycles. The Bertz CT molecular complexity index is 411. The van der Waals surface area contributed by atoms with Gasteiger partial charge in [0.15, 0.2) is 11.6 Å². The molecule has 0 spiro atoms. The highest BCUT2D eigenvalue weighted by atomic mass is 32.2. The van der Waals surface area contributed by atoms with Crippen LogP contribution in [0.25, 0.3) is 0 Å². The van der Waals surface area contributed by atoms with Gasteiger partial charge in [-0.1, -0.05) is 12.1 Å². The van der Waals surface area contributed by atoms with Gasteiger partial charge in [0.25, 0.3) is 0 Å². The number of nitrogens with zero attached hydrogens (tertiary/aromatic N) is 2. The van der Waals surface area contributed by atoms with E-state index in [9.17, 15) is 4.79 Å². The normalized spacial score (nSPS) is 24.1. The lowest BCUT2D eigenvalue weighted by Crippen LogP contribution is -2.17. The quantitative estimate of drug-likeness (QED) is 0.817. The number of thioether (sulfide) groups is 2. The zero-order chi connectivity index (χ0) is 13.0. The molecule has 2 rings (SSSR count). The van der Waals surface area contributed by atoms with Crippen LogP contribution in [0.15, 0.2) is 4.52 Å². The van der Waals surface area contributed by atoms with Crippen molar-refractivity contribution in [2.45, 2.75) is 23.8 Å². The summed E-state index contributed by atoms with van der Waals surface area (Å²) in [5.74, 6) is 3.31. The Morgan fingerprint density at radius 3 is 3.00 bits per heavy atom. The van der Waals surface area contributed by atoms with E-state index < -0.39 is 0 Å². The third-order valence-corrected chi connectivity index (χ3v) is 5.67. The molecule has 0 amide bonds. The average molecular weight is 288 g/mol. The molecule has 100 valence electrons. The summed E-state index contributed by atoms with van der Waals surface area (Å²) in [5.41, 5.74) is 0. The largest absolute Gasteiger partial charge is 0.377 e. The summed E-state index contributed by atoms with van der Waals surface area (Å²) in [4.78, 5) is 15.7. The van der Waals surface area contributed by atoms with Crippen LogP contribution in [0, 0.1) is 0 Å². The summed E-state index contributed by atoms with van der Waals surface area (Å²) < 4.78 is 9.89. The minimum absolute atomic E-state index is 0.0496. The predicted octanol–water partition coefficient (Wildman–Crippen LogP) is 1.74. The summed E-state index contributed by atoms with van der Waals surface area (Å²) in [5, 5.41) is 4.73. The molecule has 2 unspecified atom stereocenters. The molecule has 1 aromatic heterocycles. The van der Waals surface area contributed by atoms with Gasteiger partial charge in [0.05, 0.1) is 11.7 Å². The van der Waals surface area contributed by atoms with Gasteiger partial charge in [0.1, 0.15) is 6.61 Å². The highest BCUT2D eigenvalue weighted by Gasteiger charge is 2.28. The van der Waals surface area contributed by atoms with E-state index in [1.54, 1.807) is 0 Å². The first-order chi connectivity index (χ1) is 8.70. The molecule has 0 bridgehead atoms. The van der Waals surface area contributed by atoms with E-state index in [2.05, 4.69) is 17.1 Å². The van der Waals surface area contributed by atoms with Crippen molar-refractivity contribution >= 4 is 29.3 Å². The van der Waals surface area contributed by atoms with Crippen molar-refractivity contribution in [1.82, 2.24) is 10.1 Å². The first kappa shape index (κ1) is 13.9. The summed E-state index contributed by atoms with van der Waals surface area (Å²) >= 11 is 3.77. The lowest BCUT2D eigenvalue weighted by atomic mass is 10.3. The zero-order valence-electron chi connectivity index (χ0n) is 10.4. The van der Waals surface area contributed by atoms with Crippen LogP contribution in [0.1, 0.15) is 23.9 Å². The Morgan fingerprint density at radius 2 is 2.28 bits per heavy atom. The fraction of sp³-hybridized carbons (Fsp3) is 0.727. The van der Waals surface area contributed by atoms with E-state index in [1.807, 2.05) is 23.5 Å². The fourth-order valence-corrected chi connectivity index (χ4v) is 4.43. The second-order valence-corrected chi connectivity index (χ2v) is 6.80. The lowest BCUT2D eigenvalue weighted by molar-refractivity contribution is -0.122. The molecule has 1 aliphatic rings. The van der Waals surface area contributed by atoms with E-state index in [1.165, 1.54) is 12.9 Å². The standard InChI is InChI=1S/C11H16N2O3S2/c1-7-10(18-4-3-17-7)11-12-9(16-13-11)5-8(14)6-15-2/h7,10H,3-6H2,1-2H3. The van der Waals surface area contributed by atoms with E-state index in [0.29, 0.717) is 17.0 Å². The van der Waals surface area contributed by atoms with Gasteiger partial charge in [-0.25, -0.2) is 0 Å². The van der Waals surface area contributed by atoms with Crippen molar-refractivity contribution in [3.63, 3.8) is 0 Å². The number of rotatable bonds is 5. The Labute approximate surface area is 114 Å². The van der Waals surface area contributed by atoms with Crippen LogP contribution in [0.5, 0.6) is 0 Å². The van der Waals surface area contributed by atoms with Crippen LogP contribution in [-0.4, -0.2) is 46.4 Å². The van der Waals surface area contributed by atoms with Gasteiger partial charge >= 0.3 is 0 Å². The minimum Gasteiger partial charge on any atom is -0.377 e. The number of methoxy groups -OCH3 is 1. The number of carbonyl (C=O) groups excluding carboxylic acids is 1. The maximum atomic E-state index is 11.4. The molecule has 2 atom stereocenters. The number of carbonyl (C=O) groups is 1. The molecule has 0 aliphatic carbocycles. The Hall–Kier alpha value is -0.530. The second-order valence-electron chi connectivity index (χ2n) is 4.06. The topological polar surface area (TPSA) is 65.2 Å². The van der Waals surface area contributed by atoms with Crippen LogP contribution < -0.4 is 0 Å². The summed E-state index contributed by atoms with van der Waals surface area (Å²) in [6.07, 6.45) is 0.153. The third kappa shape index (κ3) is 3.49. The van der Waals surface area contributed by atoms with Crippen LogP contribution in [0.4, 0.5) is 0 Å². The van der Waals surface area contributed by atoms with Crippen molar-refractivity contribution in [2.75, 3.05) is 25.2 Å². The van der Waals surface area contributed by atoms with Crippen molar-refractivity contribution in [3.8, 4) is 0 Å². The van der Waals surface area contributed by atoms with E-state index in [-0.39, 0.29) is 24.1 Å². The Kier molecular flexibility index (Phi) is 5.08. The molecule has 2 heterocycles. The number of ketones is 1. The fourth-order valence-electron chi connectivity index (χ4n) is 1.75. The van der Waals surface area contributed by atoms with Gasteiger partial charge in [0.2, 0.25) is 5.89 Å². The summed E-state index contributed by atoms with van der Waals surface area (Å²) in [7, 11) is 1.49. The lowest BCUT2D eigenvalue weighted by Gasteiger charge is -2.24. The van der Waals surface area contributed by atoms with Crippen molar-refractivity contribution in [3.05, 3.63) is 11.7 Å². The molecular formula is C11H16N2O3S2. The van der Waals surface area contributed by atoms with Crippen molar-refractivity contribution in [1.29, 1.82) is 0 Å². The first-order valence-electron chi connectivity index (χ1n) is 5.77. The first-order valence-corrected chi connectivity index (χ1v) is 7.86. The molecule has 0 aromatic carbocycles. The highest BCUT2D eigenvalue weighted by Crippen LogP contribution is 2.41. The van der Waals surface area contributed by atoms with E-state index in [0.717, 1.165) is 5.75 Å². The SMILES string of the molecule is COCC(=O)Cc1nc(C2SCCSC2C)no1. The zero-order valence-corrected chi connectivity index (χ0v) is 12.1. The highest BCUT2D eigenvalue weighted by molar-refractivity contribution is 8.06. The van der Waals surface area contributed by atoms with Gasteiger partial charge in [-0.15, -0.1) is 11.8 Å². The van der Waals surface area contributed by atoms with Gasteiger partial charge in [-0.05, 0) is 0 Å². The molecule has 0 radical (unpaired) electrons. The van der Waals surface area contributed by atoms with Crippen LogP contribution in [0.2, 0.25) is 0 Å². The monoisotopic (exact) mass is 288 g/mol. The van der Waals surface area contributed by atoms with Gasteiger partial charge in [0, 0.05) is 23.9 Å². The molecule has 0 N–H and O–H groups in total. The Morgan fingerprint density at radius 1 is 1.50 bits per heavy atom. The van der Waals surface area contributed by atoms with E-state index >= 15 is 0 Å². The average Bonchev–Trinajstić information content (AvgIpc) is 2.78. The molecule has 1 aromatic rings. The predicted molar refractivity (Wildman–Crippen MR) is 72.0 cm³/mol. The molecular weight excluding hydrogens is 272 g/mol. The molecule has 1 fully saturated rings. The molecule has 5 nitrogen and oxygen atoms in total. The number of Topliss-reactive ketones (excluding diaryl/α,β-unsaturated/α-hetero) is 1. The number of aromatic nitrogens is 2. The maximum Gasteiger partial charge on any atom is 0.234 e. The number of hydrogen-bond donors (Lipinski definition) is 0. The van der Waals surface area contributed by atoms with Gasteiger partial charge in [-0.3, -0.25) is 4.79 Å². The number of ether oxygens (including phenoxy) is 1. The van der Waals surface area contributed by atoms with Crippen molar-refractivity contribution < 1.29 is 14.1 Å². The molecule has 7 heteroatoms. The third-order valence-electron chi connectivity index (χ3n) is 2.58. The van der Waals surface area contributed by atoms with Crippen LogP contribution in [-0.2, 0) is 16.0 Å². The van der Waals surface area contributed by atoms with E-state index in [4.69, 9.17) is 9.26 Å². The molecule has 18 heavy (non-hydrogen) atoms. The van der Waals surface area contributed by atoms with Gasteiger partial charge in [-0.2, -0.15) is 16.7 Å². The maximum absolute atomic E-state index is 11.4. The molecule has 1 aliphatic heterocycles. The van der Waals surface area contributed by atoms with Crippen LogP contribution in [0.3, 0.4) is 0 Å². The smallest absolute Gasteiger partial charge is 0.234 e. The summed E-state index contributed by atoms with van der Waals surface area (Å²) in [6.45, 7) is 2.26.